The second-order valence-electron chi connectivity index (χ2n) is 7.83. The van der Waals surface area contributed by atoms with E-state index in [9.17, 15) is 9.90 Å². The first-order valence-corrected chi connectivity index (χ1v) is 6.50. The van der Waals surface area contributed by atoms with E-state index in [1.807, 2.05) is 48.5 Å². The lowest BCUT2D eigenvalue weighted by molar-refractivity contribution is -0.257. The average Bonchev–Trinajstić information content (AvgIpc) is 2.40. The van der Waals surface area contributed by atoms with Crippen LogP contribution in [0.2, 0.25) is 0 Å². The molecule has 0 radical (unpaired) electrons. The predicted molar refractivity (Wildman–Crippen MR) is 70.7 cm³/mol. The Labute approximate surface area is 110 Å². The van der Waals surface area contributed by atoms with Crippen LogP contribution in [0.15, 0.2) is 0 Å². The van der Waals surface area contributed by atoms with Gasteiger partial charge in [0, 0.05) is 23.7 Å². The monoisotopic (exact) mass is 257 g/mol. The molecule has 106 valence electrons. The van der Waals surface area contributed by atoms with Gasteiger partial charge < -0.3 is 5.11 Å². The Kier molecular flexibility index (Phi) is 3.72. The highest BCUT2D eigenvalue weighted by atomic mass is 16.8. The summed E-state index contributed by atoms with van der Waals surface area (Å²) in [5.41, 5.74) is 1.59. The smallest absolute Gasteiger partial charge is 0.191 e. The second-order valence-corrected chi connectivity index (χ2v) is 7.83. The molecule has 2 unspecified atom stereocenters. The van der Waals surface area contributed by atoms with Gasteiger partial charge in [-0.2, -0.15) is 5.48 Å². The quantitative estimate of drug-likeness (QED) is 0.797. The Balaban J connectivity index is 2.79. The van der Waals surface area contributed by atoms with E-state index in [1.165, 1.54) is 0 Å². The number of ketones is 1. The zero-order valence-electron chi connectivity index (χ0n) is 12.7. The van der Waals surface area contributed by atoms with Crippen LogP contribution in [0.1, 0.15) is 61.3 Å². The normalized spacial score (nSPS) is 33.8. The highest BCUT2D eigenvalue weighted by molar-refractivity contribution is 5.84. The van der Waals surface area contributed by atoms with E-state index in [0.29, 0.717) is 12.8 Å². The van der Waals surface area contributed by atoms with Crippen LogP contribution in [-0.4, -0.2) is 22.2 Å². The number of rotatable bonds is 2. The third-order valence-corrected chi connectivity index (χ3v) is 3.66. The summed E-state index contributed by atoms with van der Waals surface area (Å²) in [6, 6.07) is 0. The van der Waals surface area contributed by atoms with Crippen molar-refractivity contribution in [3.05, 3.63) is 0 Å². The van der Waals surface area contributed by atoms with E-state index >= 15 is 0 Å². The Morgan fingerprint density at radius 2 is 1.78 bits per heavy atom. The molecule has 0 aliphatic carbocycles. The zero-order chi connectivity index (χ0) is 14.4. The molecule has 1 fully saturated rings. The van der Waals surface area contributed by atoms with Crippen molar-refractivity contribution in [2.45, 2.75) is 72.6 Å². The molecule has 0 amide bonds. The van der Waals surface area contributed by atoms with Gasteiger partial charge in [-0.3, -0.25) is 9.63 Å². The van der Waals surface area contributed by atoms with Gasteiger partial charge in [0.15, 0.2) is 5.79 Å². The van der Waals surface area contributed by atoms with Gasteiger partial charge >= 0.3 is 0 Å². The Morgan fingerprint density at radius 1 is 1.28 bits per heavy atom. The molecule has 1 saturated heterocycles. The Hall–Kier alpha value is -0.450. The van der Waals surface area contributed by atoms with Gasteiger partial charge in [-0.15, -0.1) is 0 Å². The maximum atomic E-state index is 12.1. The molecule has 1 aliphatic rings. The lowest BCUT2D eigenvalue weighted by Gasteiger charge is -2.35. The largest absolute Gasteiger partial charge is 0.364 e. The van der Waals surface area contributed by atoms with Crippen LogP contribution in [0.5, 0.6) is 0 Å². The van der Waals surface area contributed by atoms with E-state index in [1.54, 1.807) is 0 Å². The first-order valence-electron chi connectivity index (χ1n) is 6.50. The lowest BCUT2D eigenvalue weighted by Crippen LogP contribution is -2.44. The van der Waals surface area contributed by atoms with Crippen LogP contribution in [0.3, 0.4) is 0 Å². The molecular formula is C14H27NO3. The maximum absolute atomic E-state index is 12.1. The van der Waals surface area contributed by atoms with Crippen molar-refractivity contribution in [1.29, 1.82) is 0 Å². The minimum atomic E-state index is -1.24. The van der Waals surface area contributed by atoms with Crippen molar-refractivity contribution < 1.29 is 14.7 Å². The Morgan fingerprint density at radius 3 is 2.11 bits per heavy atom. The molecule has 0 aromatic heterocycles. The summed E-state index contributed by atoms with van der Waals surface area (Å²) >= 11 is 0. The summed E-state index contributed by atoms with van der Waals surface area (Å²) in [7, 11) is 0. The minimum Gasteiger partial charge on any atom is -0.364 e. The third kappa shape index (κ3) is 3.11. The highest BCUT2D eigenvalue weighted by Gasteiger charge is 2.53. The van der Waals surface area contributed by atoms with E-state index in [2.05, 4.69) is 5.48 Å². The molecule has 18 heavy (non-hydrogen) atoms. The third-order valence-electron chi connectivity index (χ3n) is 3.66. The number of carbonyl (C=O) groups is 1. The van der Waals surface area contributed by atoms with Crippen molar-refractivity contribution in [2.75, 3.05) is 0 Å². The zero-order valence-corrected chi connectivity index (χ0v) is 12.7. The first kappa shape index (κ1) is 15.6. The number of hydrogen-bond donors (Lipinski definition) is 2. The number of hydroxylamine groups is 1. The second kappa shape index (κ2) is 4.29. The average molecular weight is 257 g/mol. The Bertz CT molecular complexity index is 340. The molecule has 2 atom stereocenters. The van der Waals surface area contributed by atoms with Gasteiger partial charge in [-0.05, 0) is 6.92 Å². The highest BCUT2D eigenvalue weighted by Crippen LogP contribution is 2.43. The summed E-state index contributed by atoms with van der Waals surface area (Å²) in [4.78, 5) is 17.5. The van der Waals surface area contributed by atoms with Gasteiger partial charge in [0.1, 0.15) is 5.78 Å². The van der Waals surface area contributed by atoms with Gasteiger partial charge in [0.05, 0.1) is 5.54 Å². The van der Waals surface area contributed by atoms with Gasteiger partial charge in [0.25, 0.3) is 0 Å². The van der Waals surface area contributed by atoms with Crippen LogP contribution in [-0.2, 0) is 9.63 Å². The summed E-state index contributed by atoms with van der Waals surface area (Å²) in [6.07, 6.45) is 0.764. The molecule has 4 nitrogen and oxygen atoms in total. The van der Waals surface area contributed by atoms with E-state index < -0.39 is 16.7 Å². The standard InChI is InChI=1S/C14H27NO3/c1-11(2,3)10(16)8-13(7)9-14(17,18-15-13)12(4,5)6/h15,17H,8-9H2,1-7H3. The summed E-state index contributed by atoms with van der Waals surface area (Å²) in [5.74, 6) is -1.07. The summed E-state index contributed by atoms with van der Waals surface area (Å²) in [5, 5.41) is 10.5. The molecule has 4 heteroatoms. The molecular weight excluding hydrogens is 230 g/mol. The molecule has 2 N–H and O–H groups in total. The molecule has 0 aromatic carbocycles. The molecule has 1 rings (SSSR count). The number of carbonyl (C=O) groups excluding carboxylic acids is 1. The van der Waals surface area contributed by atoms with Crippen molar-refractivity contribution >= 4 is 5.78 Å². The van der Waals surface area contributed by atoms with E-state index in [-0.39, 0.29) is 11.2 Å². The number of hydrogen-bond acceptors (Lipinski definition) is 4. The lowest BCUT2D eigenvalue weighted by atomic mass is 9.75. The molecule has 1 heterocycles. The fraction of sp³-hybridized carbons (Fsp3) is 0.929. The maximum Gasteiger partial charge on any atom is 0.191 e. The van der Waals surface area contributed by atoms with Gasteiger partial charge in [-0.1, -0.05) is 41.5 Å². The number of Topliss-reactive ketones (excluding diaryl/α,β-unsaturated/α-hetero) is 1. The fourth-order valence-electron chi connectivity index (χ4n) is 1.95. The van der Waals surface area contributed by atoms with Crippen molar-refractivity contribution in [3.8, 4) is 0 Å². The van der Waals surface area contributed by atoms with Crippen LogP contribution in [0.4, 0.5) is 0 Å². The topological polar surface area (TPSA) is 58.6 Å². The summed E-state index contributed by atoms with van der Waals surface area (Å²) < 4.78 is 0. The van der Waals surface area contributed by atoms with Crippen molar-refractivity contribution in [2.24, 2.45) is 10.8 Å². The van der Waals surface area contributed by atoms with Crippen molar-refractivity contribution in [3.63, 3.8) is 0 Å². The van der Waals surface area contributed by atoms with Gasteiger partial charge in [-0.25, -0.2) is 0 Å². The van der Waals surface area contributed by atoms with Crippen LogP contribution >= 0.6 is 0 Å². The minimum absolute atomic E-state index is 0.166. The SMILES string of the molecule is CC1(CC(=O)C(C)(C)C)CC(O)(C(C)(C)C)ON1. The molecule has 1 aliphatic heterocycles. The molecule has 0 spiro atoms. The molecule has 0 saturated carbocycles. The van der Waals surface area contributed by atoms with E-state index in [0.717, 1.165) is 0 Å². The summed E-state index contributed by atoms with van der Waals surface area (Å²) in [6.45, 7) is 13.4. The van der Waals surface area contributed by atoms with Crippen LogP contribution < -0.4 is 5.48 Å². The van der Waals surface area contributed by atoms with Gasteiger partial charge in [0.2, 0.25) is 0 Å². The van der Waals surface area contributed by atoms with Crippen LogP contribution in [0.25, 0.3) is 0 Å². The first-order chi connectivity index (χ1) is 7.79. The predicted octanol–water partition coefficient (Wildman–Crippen LogP) is 2.41. The molecule has 0 aromatic rings. The number of nitrogens with one attached hydrogen (secondary N) is 1. The fourth-order valence-corrected chi connectivity index (χ4v) is 1.95. The van der Waals surface area contributed by atoms with Crippen molar-refractivity contribution in [1.82, 2.24) is 5.48 Å². The molecule has 0 bridgehead atoms. The van der Waals surface area contributed by atoms with Crippen LogP contribution in [0, 0.1) is 10.8 Å². The van der Waals surface area contributed by atoms with E-state index in [4.69, 9.17) is 4.84 Å². The number of aliphatic hydroxyl groups is 1.